The summed E-state index contributed by atoms with van der Waals surface area (Å²) in [5.41, 5.74) is 0.656. The van der Waals surface area contributed by atoms with Gasteiger partial charge in [-0.2, -0.15) is 0 Å². The van der Waals surface area contributed by atoms with E-state index in [1.54, 1.807) is 24.5 Å². The highest BCUT2D eigenvalue weighted by atomic mass is 16.2. The summed E-state index contributed by atoms with van der Waals surface area (Å²) in [6, 6.07) is 3.38. The zero-order valence-corrected chi connectivity index (χ0v) is 12.5. The van der Waals surface area contributed by atoms with Crippen molar-refractivity contribution in [2.75, 3.05) is 11.9 Å². The first-order chi connectivity index (χ1) is 11.1. The topological polar surface area (TPSA) is 79.4 Å². The number of anilines is 1. The smallest absolute Gasteiger partial charge is 0.233 e. The second-order valence-corrected chi connectivity index (χ2v) is 6.36. The molecule has 3 aliphatic rings. The van der Waals surface area contributed by atoms with Gasteiger partial charge < -0.3 is 5.32 Å². The van der Waals surface area contributed by atoms with E-state index in [2.05, 4.69) is 22.5 Å². The molecule has 118 valence electrons. The van der Waals surface area contributed by atoms with Crippen molar-refractivity contribution in [3.63, 3.8) is 0 Å². The number of imide groups is 1. The van der Waals surface area contributed by atoms with Crippen molar-refractivity contribution in [1.82, 2.24) is 9.88 Å². The molecule has 1 aromatic heterocycles. The molecule has 1 aliphatic heterocycles. The molecule has 0 unspecified atom stereocenters. The number of carbonyl (C=O) groups excluding carboxylic acids is 3. The third kappa shape index (κ3) is 2.25. The minimum absolute atomic E-state index is 0.103. The Bertz CT molecular complexity index is 670. The van der Waals surface area contributed by atoms with Crippen molar-refractivity contribution in [3.05, 3.63) is 36.7 Å². The number of pyridine rings is 1. The number of hydrogen-bond donors (Lipinski definition) is 1. The van der Waals surface area contributed by atoms with Gasteiger partial charge in [-0.1, -0.05) is 12.2 Å². The third-order valence-corrected chi connectivity index (χ3v) is 5.09. The molecule has 6 nitrogen and oxygen atoms in total. The molecule has 2 bridgehead atoms. The average molecular weight is 311 g/mol. The maximum Gasteiger partial charge on any atom is 0.233 e. The van der Waals surface area contributed by atoms with Crippen LogP contribution in [0.3, 0.4) is 0 Å². The minimum atomic E-state index is -0.213. The first kappa shape index (κ1) is 14.1. The number of hydrogen-bond acceptors (Lipinski definition) is 4. The van der Waals surface area contributed by atoms with Crippen LogP contribution in [-0.4, -0.2) is 34.2 Å². The molecule has 23 heavy (non-hydrogen) atoms. The summed E-state index contributed by atoms with van der Waals surface area (Å²) in [5, 5.41) is 2.74. The van der Waals surface area contributed by atoms with Gasteiger partial charge in [0, 0.05) is 31.0 Å². The van der Waals surface area contributed by atoms with E-state index in [1.165, 1.54) is 4.90 Å². The van der Waals surface area contributed by atoms with E-state index in [-0.39, 0.29) is 54.4 Å². The number of rotatable bonds is 4. The van der Waals surface area contributed by atoms with Crippen molar-refractivity contribution in [3.8, 4) is 0 Å². The van der Waals surface area contributed by atoms with Crippen molar-refractivity contribution < 1.29 is 14.4 Å². The first-order valence-electron chi connectivity index (χ1n) is 7.88. The van der Waals surface area contributed by atoms with Crippen LogP contribution in [0.2, 0.25) is 0 Å². The molecular weight excluding hydrogens is 294 g/mol. The van der Waals surface area contributed by atoms with Crippen LogP contribution in [0.5, 0.6) is 0 Å². The Kier molecular flexibility index (Phi) is 3.25. The fraction of sp³-hybridized carbons (Fsp3) is 0.412. The van der Waals surface area contributed by atoms with Crippen LogP contribution in [-0.2, 0) is 14.4 Å². The Labute approximate surface area is 133 Å². The van der Waals surface area contributed by atoms with Gasteiger partial charge in [0.1, 0.15) is 0 Å². The molecule has 0 spiro atoms. The Balaban J connectivity index is 1.38. The molecule has 2 fully saturated rings. The summed E-state index contributed by atoms with van der Waals surface area (Å²) >= 11 is 0. The first-order valence-corrected chi connectivity index (χ1v) is 7.88. The van der Waals surface area contributed by atoms with Crippen molar-refractivity contribution in [2.24, 2.45) is 23.7 Å². The molecular formula is C17H17N3O3. The quantitative estimate of drug-likeness (QED) is 0.670. The maximum atomic E-state index is 12.5. The fourth-order valence-corrected chi connectivity index (χ4v) is 4.06. The number of amides is 3. The molecule has 1 N–H and O–H groups in total. The molecule has 0 aromatic carbocycles. The predicted molar refractivity (Wildman–Crippen MR) is 81.9 cm³/mol. The molecule has 2 heterocycles. The Morgan fingerprint density at radius 1 is 1.13 bits per heavy atom. The molecule has 4 atom stereocenters. The van der Waals surface area contributed by atoms with Gasteiger partial charge in [0.15, 0.2) is 0 Å². The largest absolute Gasteiger partial charge is 0.326 e. The van der Waals surface area contributed by atoms with Crippen LogP contribution in [0.15, 0.2) is 36.7 Å². The predicted octanol–water partition coefficient (Wildman–Crippen LogP) is 1.22. The van der Waals surface area contributed by atoms with Gasteiger partial charge >= 0.3 is 0 Å². The summed E-state index contributed by atoms with van der Waals surface area (Å²) in [7, 11) is 0. The number of likely N-dealkylation sites (tertiary alicyclic amines) is 1. The van der Waals surface area contributed by atoms with E-state index >= 15 is 0 Å². The van der Waals surface area contributed by atoms with Crippen molar-refractivity contribution in [2.45, 2.75) is 12.8 Å². The lowest BCUT2D eigenvalue weighted by Crippen LogP contribution is -2.35. The van der Waals surface area contributed by atoms with Crippen LogP contribution < -0.4 is 5.32 Å². The number of aromatic nitrogens is 1. The average Bonchev–Trinajstić information content (AvgIpc) is 3.22. The fourth-order valence-electron chi connectivity index (χ4n) is 4.06. The molecule has 6 heteroatoms. The lowest BCUT2D eigenvalue weighted by atomic mass is 9.85. The normalized spacial score (nSPS) is 30.9. The highest BCUT2D eigenvalue weighted by molar-refractivity contribution is 6.06. The van der Waals surface area contributed by atoms with Gasteiger partial charge in [-0.15, -0.1) is 0 Å². The van der Waals surface area contributed by atoms with E-state index in [0.29, 0.717) is 5.69 Å². The van der Waals surface area contributed by atoms with E-state index in [0.717, 1.165) is 6.42 Å². The standard InChI is InChI=1S/C17H17N3O3/c21-13(19-12-3-6-18-7-4-12)5-8-20-16(22)14-10-1-2-11(9-10)15(14)17(20)23/h1-4,6-7,10-11,14-15H,5,8-9H2,(H,18,19,21)/t10-,11-,14-,15-/m0/s1. The molecule has 1 aromatic rings. The van der Waals surface area contributed by atoms with E-state index in [9.17, 15) is 14.4 Å². The summed E-state index contributed by atoms with van der Waals surface area (Å²) in [6.07, 6.45) is 8.35. The summed E-state index contributed by atoms with van der Waals surface area (Å²) in [4.78, 5) is 42.1. The van der Waals surface area contributed by atoms with Crippen molar-refractivity contribution in [1.29, 1.82) is 0 Å². The SMILES string of the molecule is O=C(CCN1C(=O)[C@@H]2[C@@H](C1=O)[C@H]1C=C[C@H]2C1)Nc1ccncc1. The zero-order valence-electron chi connectivity index (χ0n) is 12.5. The van der Waals surface area contributed by atoms with Crippen LogP contribution in [0.25, 0.3) is 0 Å². The Morgan fingerprint density at radius 3 is 2.35 bits per heavy atom. The highest BCUT2D eigenvalue weighted by Crippen LogP contribution is 2.52. The van der Waals surface area contributed by atoms with Crippen LogP contribution in [0, 0.1) is 23.7 Å². The number of fused-ring (bicyclic) bond motifs is 5. The van der Waals surface area contributed by atoms with Crippen molar-refractivity contribution >= 4 is 23.4 Å². The number of nitrogens with one attached hydrogen (secondary N) is 1. The lowest BCUT2D eigenvalue weighted by molar-refractivity contribution is -0.140. The Hall–Kier alpha value is -2.50. The van der Waals surface area contributed by atoms with E-state index < -0.39 is 0 Å². The highest BCUT2D eigenvalue weighted by Gasteiger charge is 2.58. The van der Waals surface area contributed by atoms with Gasteiger partial charge in [-0.05, 0) is 30.4 Å². The van der Waals surface area contributed by atoms with Crippen LogP contribution in [0.4, 0.5) is 5.69 Å². The molecule has 0 radical (unpaired) electrons. The molecule has 1 saturated heterocycles. The van der Waals surface area contributed by atoms with Gasteiger partial charge in [0.2, 0.25) is 17.7 Å². The number of nitrogens with zero attached hydrogens (tertiary/aromatic N) is 2. The van der Waals surface area contributed by atoms with Gasteiger partial charge in [0.05, 0.1) is 11.8 Å². The van der Waals surface area contributed by atoms with E-state index in [1.807, 2.05) is 0 Å². The maximum absolute atomic E-state index is 12.5. The second-order valence-electron chi connectivity index (χ2n) is 6.36. The number of carbonyl (C=O) groups is 3. The van der Waals surface area contributed by atoms with Gasteiger partial charge in [-0.3, -0.25) is 24.3 Å². The van der Waals surface area contributed by atoms with Crippen LogP contribution >= 0.6 is 0 Å². The van der Waals surface area contributed by atoms with Crippen LogP contribution in [0.1, 0.15) is 12.8 Å². The molecule has 4 rings (SSSR count). The van der Waals surface area contributed by atoms with Gasteiger partial charge in [0.25, 0.3) is 0 Å². The summed E-state index contributed by atoms with van der Waals surface area (Å²) in [5.74, 6) is -0.396. The lowest BCUT2D eigenvalue weighted by Gasteiger charge is -2.16. The molecule has 1 saturated carbocycles. The van der Waals surface area contributed by atoms with Gasteiger partial charge in [-0.25, -0.2) is 0 Å². The van der Waals surface area contributed by atoms with E-state index in [4.69, 9.17) is 0 Å². The Morgan fingerprint density at radius 2 is 1.74 bits per heavy atom. The monoisotopic (exact) mass is 311 g/mol. The summed E-state index contributed by atoms with van der Waals surface area (Å²) in [6.45, 7) is 0.154. The summed E-state index contributed by atoms with van der Waals surface area (Å²) < 4.78 is 0. The number of allylic oxidation sites excluding steroid dienone is 2. The molecule has 3 amide bonds. The zero-order chi connectivity index (χ0) is 16.0. The minimum Gasteiger partial charge on any atom is -0.326 e. The third-order valence-electron chi connectivity index (χ3n) is 5.09. The second kappa shape index (κ2) is 5.30. The molecule has 2 aliphatic carbocycles.